The fourth-order valence-electron chi connectivity index (χ4n) is 7.12. The molecular weight excluding hydrogens is 723 g/mol. The number of nitrogens with zero attached hydrogens (tertiary/aromatic N) is 6. The maximum atomic E-state index is 14.4. The summed E-state index contributed by atoms with van der Waals surface area (Å²) in [5.74, 6) is -3.94. The summed E-state index contributed by atoms with van der Waals surface area (Å²) in [6, 6.07) is 13.4. The summed E-state index contributed by atoms with van der Waals surface area (Å²) < 4.78 is 69.2. The molecule has 3 aliphatic rings. The zero-order valence-electron chi connectivity index (χ0n) is 29.7. The van der Waals surface area contributed by atoms with Crippen molar-refractivity contribution in [3.63, 3.8) is 0 Å². The molecule has 1 saturated carbocycles. The van der Waals surface area contributed by atoms with Crippen molar-refractivity contribution in [2.75, 3.05) is 36.9 Å². The smallest absolute Gasteiger partial charge is 0.321 e. The molecule has 2 aliphatic heterocycles. The quantitative estimate of drug-likeness (QED) is 0.175. The van der Waals surface area contributed by atoms with Crippen LogP contribution in [0.3, 0.4) is 0 Å². The summed E-state index contributed by atoms with van der Waals surface area (Å²) >= 11 is 0. The van der Waals surface area contributed by atoms with E-state index in [1.807, 2.05) is 10.9 Å². The molecule has 1 aliphatic carbocycles. The van der Waals surface area contributed by atoms with Gasteiger partial charge in [-0.15, -0.1) is 0 Å². The van der Waals surface area contributed by atoms with Gasteiger partial charge in [-0.25, -0.2) is 9.78 Å². The van der Waals surface area contributed by atoms with Crippen LogP contribution in [0, 0.1) is 0 Å². The fraction of sp³-hybridized carbons (Fsp3) is 0.333. The number of halogens is 5. The number of rotatable bonds is 5. The molecule has 0 radical (unpaired) electrons. The number of hydrogen-bond acceptors (Lipinski definition) is 7. The number of carbonyl (C=O) groups is 3. The highest BCUT2D eigenvalue weighted by molar-refractivity contribution is 6.10. The predicted molar refractivity (Wildman–Crippen MR) is 197 cm³/mol. The van der Waals surface area contributed by atoms with Crippen LogP contribution < -0.4 is 15.5 Å². The maximum absolute atomic E-state index is 14.4. The van der Waals surface area contributed by atoms with Gasteiger partial charge >= 0.3 is 12.2 Å². The molecule has 2 aromatic carbocycles. The van der Waals surface area contributed by atoms with E-state index in [9.17, 15) is 36.3 Å². The lowest BCUT2D eigenvalue weighted by molar-refractivity contribution is -0.141. The van der Waals surface area contributed by atoms with Crippen molar-refractivity contribution in [2.45, 2.75) is 56.7 Å². The molecule has 5 heterocycles. The molecule has 1 saturated heterocycles. The average Bonchev–Trinajstić information content (AvgIpc) is 3.58. The van der Waals surface area contributed by atoms with Gasteiger partial charge in [-0.2, -0.15) is 27.1 Å². The molecule has 55 heavy (non-hydrogen) atoms. The van der Waals surface area contributed by atoms with Crippen molar-refractivity contribution in [1.82, 2.24) is 30.0 Å². The van der Waals surface area contributed by atoms with Gasteiger partial charge in [-0.3, -0.25) is 34.4 Å². The average molecular weight is 761 g/mol. The van der Waals surface area contributed by atoms with Crippen molar-refractivity contribution in [1.29, 1.82) is 0 Å². The first-order valence-corrected chi connectivity index (χ1v) is 17.9. The van der Waals surface area contributed by atoms with E-state index in [1.54, 1.807) is 66.8 Å². The number of aromatic nitrogens is 4. The van der Waals surface area contributed by atoms with Crippen LogP contribution in [0.5, 0.6) is 0 Å². The minimum atomic E-state index is -4.59. The van der Waals surface area contributed by atoms with Crippen molar-refractivity contribution >= 4 is 56.5 Å². The van der Waals surface area contributed by atoms with Crippen LogP contribution in [-0.4, -0.2) is 75.1 Å². The summed E-state index contributed by atoms with van der Waals surface area (Å²) in [5, 5.41) is 11.8. The van der Waals surface area contributed by atoms with Gasteiger partial charge in [0.05, 0.1) is 30.0 Å². The minimum Gasteiger partial charge on any atom is -0.321 e. The Bertz CT molecular complexity index is 2300. The SMILES string of the molecule is CN1CC=C(c2ccc3c(N4CCC(=O)NC4=O)cncc3c2)C(F)(F)C1.O=C(Nc1ccc2nn(C3CCCCC3)cc2c1)c1cccc(C(F)(F)F)n1. The number of benzene rings is 2. The lowest BCUT2D eigenvalue weighted by Gasteiger charge is -2.30. The molecule has 3 aromatic heterocycles. The first kappa shape index (κ1) is 37.5. The van der Waals surface area contributed by atoms with E-state index < -0.39 is 29.7 Å². The highest BCUT2D eigenvalue weighted by atomic mass is 19.4. The third kappa shape index (κ3) is 8.33. The van der Waals surface area contributed by atoms with Crippen LogP contribution in [0.25, 0.3) is 27.2 Å². The van der Waals surface area contributed by atoms with Gasteiger partial charge in [0.2, 0.25) is 5.91 Å². The van der Waals surface area contributed by atoms with E-state index in [0.29, 0.717) is 34.9 Å². The fourth-order valence-corrected chi connectivity index (χ4v) is 7.12. The Hall–Kier alpha value is -5.77. The maximum Gasteiger partial charge on any atom is 0.433 e. The van der Waals surface area contributed by atoms with Crippen molar-refractivity contribution in [3.05, 3.63) is 96.2 Å². The second kappa shape index (κ2) is 15.2. The molecule has 5 aromatic rings. The molecule has 0 unspecified atom stereocenters. The second-order valence-electron chi connectivity index (χ2n) is 13.9. The van der Waals surface area contributed by atoms with Gasteiger partial charge in [0.15, 0.2) is 0 Å². The van der Waals surface area contributed by atoms with Crippen molar-refractivity contribution in [2.24, 2.45) is 0 Å². The number of nitrogens with one attached hydrogen (secondary N) is 2. The normalized spacial score (nSPS) is 18.1. The Morgan fingerprint density at radius 2 is 1.78 bits per heavy atom. The monoisotopic (exact) mass is 760 g/mol. The Morgan fingerprint density at radius 1 is 0.982 bits per heavy atom. The number of carbonyl (C=O) groups excluding carboxylic acids is 3. The van der Waals surface area contributed by atoms with E-state index in [4.69, 9.17) is 0 Å². The summed E-state index contributed by atoms with van der Waals surface area (Å²) in [6.07, 6.45) is 8.13. The summed E-state index contributed by atoms with van der Waals surface area (Å²) in [7, 11) is 1.66. The van der Waals surface area contributed by atoms with Gasteiger partial charge in [0.25, 0.3) is 11.8 Å². The Labute approximate surface area is 312 Å². The topological polar surface area (TPSA) is 125 Å². The number of anilines is 2. The zero-order valence-corrected chi connectivity index (χ0v) is 29.7. The molecule has 11 nitrogen and oxygen atoms in total. The van der Waals surface area contributed by atoms with Crippen LogP contribution >= 0.6 is 0 Å². The molecule has 0 atom stereocenters. The minimum absolute atomic E-state index is 0.00853. The molecule has 4 amide bonds. The number of pyridine rings is 2. The largest absolute Gasteiger partial charge is 0.433 e. The van der Waals surface area contributed by atoms with Crippen LogP contribution in [0.4, 0.5) is 38.1 Å². The molecule has 8 rings (SSSR count). The van der Waals surface area contributed by atoms with E-state index in [2.05, 4.69) is 25.7 Å². The van der Waals surface area contributed by atoms with E-state index >= 15 is 0 Å². The number of amides is 4. The molecule has 0 bridgehead atoms. The van der Waals surface area contributed by atoms with Gasteiger partial charge in [0, 0.05) is 59.3 Å². The van der Waals surface area contributed by atoms with Gasteiger partial charge in [0.1, 0.15) is 11.4 Å². The number of alkyl halides is 5. The number of urea groups is 1. The lowest BCUT2D eigenvalue weighted by atomic mass is 9.94. The highest BCUT2D eigenvalue weighted by Gasteiger charge is 2.39. The summed E-state index contributed by atoms with van der Waals surface area (Å²) in [5.41, 5.74) is 0.929. The van der Waals surface area contributed by atoms with Crippen LogP contribution in [0.1, 0.15) is 66.3 Å². The van der Waals surface area contributed by atoms with E-state index in [0.717, 1.165) is 35.2 Å². The van der Waals surface area contributed by atoms with E-state index in [1.165, 1.54) is 36.3 Å². The molecule has 2 N–H and O–H groups in total. The molecule has 0 spiro atoms. The number of hydrogen-bond donors (Lipinski definition) is 2. The Kier molecular flexibility index (Phi) is 10.4. The van der Waals surface area contributed by atoms with Crippen LogP contribution in [0.2, 0.25) is 0 Å². The van der Waals surface area contributed by atoms with Crippen LogP contribution in [0.15, 0.2) is 79.3 Å². The second-order valence-corrected chi connectivity index (χ2v) is 13.9. The van der Waals surface area contributed by atoms with Gasteiger partial charge in [-0.05, 0) is 61.9 Å². The predicted octanol–water partition coefficient (Wildman–Crippen LogP) is 7.85. The molecule has 16 heteroatoms. The molecule has 2 fully saturated rings. The van der Waals surface area contributed by atoms with Gasteiger partial charge in [-0.1, -0.05) is 43.5 Å². The standard InChI is InChI=1S/C20H19F3N4O.C19H18F2N4O2/c21-20(22,23)18-8-4-7-17(25-18)19(28)24-14-9-10-16-13(11-14)12-27(26-16)15-5-2-1-3-6-15;1-24-6-4-15(19(20,21)11-24)12-2-3-14-13(8-12)9-22-10-16(14)25-7-5-17(26)23-18(25)27/h4,7-12,15H,1-3,5-6H2,(H,24,28);2-4,8-10H,5-7,11H2,1H3,(H,23,26,27). The molecule has 286 valence electrons. The highest BCUT2D eigenvalue weighted by Crippen LogP contribution is 2.38. The van der Waals surface area contributed by atoms with Crippen molar-refractivity contribution in [3.8, 4) is 0 Å². The van der Waals surface area contributed by atoms with E-state index in [-0.39, 0.29) is 36.7 Å². The Balaban J connectivity index is 0.000000169. The zero-order chi connectivity index (χ0) is 38.9. The van der Waals surface area contributed by atoms with Crippen molar-refractivity contribution < 1.29 is 36.3 Å². The number of imide groups is 1. The first-order chi connectivity index (χ1) is 26.2. The third-order valence-electron chi connectivity index (χ3n) is 9.86. The lowest BCUT2D eigenvalue weighted by Crippen LogP contribution is -2.49. The third-order valence-corrected chi connectivity index (χ3v) is 9.86. The number of likely N-dealkylation sites (N-methyl/N-ethyl adjacent to an activating group) is 1. The summed E-state index contributed by atoms with van der Waals surface area (Å²) in [4.78, 5) is 46.4. The van der Waals surface area contributed by atoms with Gasteiger partial charge < -0.3 is 5.32 Å². The first-order valence-electron chi connectivity index (χ1n) is 17.9. The Morgan fingerprint density at radius 3 is 2.53 bits per heavy atom. The number of fused-ring (bicyclic) bond motifs is 2. The van der Waals surface area contributed by atoms with Crippen LogP contribution in [-0.2, 0) is 11.0 Å². The summed E-state index contributed by atoms with van der Waals surface area (Å²) in [6.45, 7) is 0.392. The molecular formula is C39H37F5N8O3.